The number of nitrogens with one attached hydrogen (secondary N) is 1. The van der Waals surface area contributed by atoms with Gasteiger partial charge in [0.2, 0.25) is 5.17 Å². The zero-order chi connectivity index (χ0) is 22.9. The highest BCUT2D eigenvalue weighted by atomic mass is 35.5. The average molecular weight is 495 g/mol. The second kappa shape index (κ2) is 9.36. The standard InChI is InChI=1S/C21H23ClN4O4S2/c1-32(28,29)30-17-9-7-14(12-16(17)22)11-15-19(23)26-21(24-20(15)27)31-18(25-26)10-8-13-5-3-2-4-6-13/h7,9,11-13,23H,2-6,8,10H2,1H3/b15-11-,23-19?. The smallest absolute Gasteiger partial charge is 0.306 e. The summed E-state index contributed by atoms with van der Waals surface area (Å²) in [5, 5.41) is 15.8. The molecule has 170 valence electrons. The maximum Gasteiger partial charge on any atom is 0.306 e. The summed E-state index contributed by atoms with van der Waals surface area (Å²) in [6.07, 6.45) is 10.7. The average Bonchev–Trinajstić information content (AvgIpc) is 3.14. The van der Waals surface area contributed by atoms with Gasteiger partial charge in [0.1, 0.15) is 5.04 Å². The molecule has 3 aliphatic rings. The van der Waals surface area contributed by atoms with Crippen molar-refractivity contribution in [2.45, 2.75) is 44.9 Å². The van der Waals surface area contributed by atoms with Gasteiger partial charge in [-0.3, -0.25) is 10.2 Å². The van der Waals surface area contributed by atoms with Crippen molar-refractivity contribution in [1.82, 2.24) is 5.01 Å². The number of aliphatic imine (C=N–C) groups is 1. The van der Waals surface area contributed by atoms with Crippen molar-refractivity contribution >= 4 is 61.5 Å². The summed E-state index contributed by atoms with van der Waals surface area (Å²) in [6, 6.07) is 4.41. The maximum absolute atomic E-state index is 12.6. The molecule has 2 aliphatic heterocycles. The van der Waals surface area contributed by atoms with E-state index < -0.39 is 16.0 Å². The van der Waals surface area contributed by atoms with Gasteiger partial charge in [-0.05, 0) is 54.3 Å². The molecule has 0 atom stereocenters. The van der Waals surface area contributed by atoms with E-state index in [1.165, 1.54) is 67.1 Å². The van der Waals surface area contributed by atoms with E-state index in [4.69, 9.17) is 21.2 Å². The predicted molar refractivity (Wildman–Crippen MR) is 128 cm³/mol. The van der Waals surface area contributed by atoms with Gasteiger partial charge in [0.05, 0.1) is 16.9 Å². The first-order valence-corrected chi connectivity index (χ1v) is 13.4. The van der Waals surface area contributed by atoms with Crippen LogP contribution >= 0.6 is 23.4 Å². The molecule has 0 unspecified atom stereocenters. The van der Waals surface area contributed by atoms with Crippen molar-refractivity contribution in [2.24, 2.45) is 16.0 Å². The minimum Gasteiger partial charge on any atom is -0.381 e. The minimum atomic E-state index is -3.71. The van der Waals surface area contributed by atoms with Gasteiger partial charge in [-0.1, -0.05) is 49.8 Å². The van der Waals surface area contributed by atoms with Gasteiger partial charge in [-0.25, -0.2) is 0 Å². The van der Waals surface area contributed by atoms with E-state index in [1.807, 2.05) is 0 Å². The van der Waals surface area contributed by atoms with E-state index in [0.717, 1.165) is 30.1 Å². The lowest BCUT2D eigenvalue weighted by Crippen LogP contribution is -2.35. The summed E-state index contributed by atoms with van der Waals surface area (Å²) in [4.78, 5) is 16.7. The molecule has 2 heterocycles. The second-order valence-electron chi connectivity index (χ2n) is 8.03. The van der Waals surface area contributed by atoms with E-state index in [-0.39, 0.29) is 22.2 Å². The Morgan fingerprint density at radius 3 is 2.75 bits per heavy atom. The number of hydrogen-bond donors (Lipinski definition) is 1. The Bertz CT molecular complexity index is 1150. The first kappa shape index (κ1) is 23.0. The largest absolute Gasteiger partial charge is 0.381 e. The lowest BCUT2D eigenvalue weighted by molar-refractivity contribution is -0.114. The molecule has 0 aromatic heterocycles. The molecule has 0 saturated heterocycles. The lowest BCUT2D eigenvalue weighted by atomic mass is 9.86. The molecule has 1 fully saturated rings. The lowest BCUT2D eigenvalue weighted by Gasteiger charge is -2.20. The molecule has 0 spiro atoms. The molecule has 1 N–H and O–H groups in total. The number of rotatable bonds is 6. The number of hydrazone groups is 1. The molecule has 1 aromatic carbocycles. The molecular weight excluding hydrogens is 472 g/mol. The molecular formula is C21H23ClN4O4S2. The Kier molecular flexibility index (Phi) is 6.73. The quantitative estimate of drug-likeness (QED) is 0.454. The molecule has 4 rings (SSSR count). The molecule has 1 amide bonds. The topological polar surface area (TPSA) is 112 Å². The monoisotopic (exact) mass is 494 g/mol. The number of amidine groups is 2. The van der Waals surface area contributed by atoms with Crippen molar-refractivity contribution < 1.29 is 17.4 Å². The third kappa shape index (κ3) is 5.41. The summed E-state index contributed by atoms with van der Waals surface area (Å²) in [5.74, 6) is 0.144. The van der Waals surface area contributed by atoms with Crippen LogP contribution in [0, 0.1) is 11.3 Å². The fourth-order valence-corrected chi connectivity index (χ4v) is 5.59. The Labute approximate surface area is 196 Å². The van der Waals surface area contributed by atoms with Gasteiger partial charge in [0.25, 0.3) is 5.91 Å². The number of halogens is 1. The molecule has 8 nitrogen and oxygen atoms in total. The number of amides is 1. The van der Waals surface area contributed by atoms with E-state index in [9.17, 15) is 13.2 Å². The summed E-state index contributed by atoms with van der Waals surface area (Å²) < 4.78 is 27.4. The van der Waals surface area contributed by atoms with Crippen molar-refractivity contribution in [3.8, 4) is 5.75 Å². The Morgan fingerprint density at radius 2 is 2.06 bits per heavy atom. The molecule has 1 aromatic rings. The highest BCUT2D eigenvalue weighted by molar-refractivity contribution is 8.26. The van der Waals surface area contributed by atoms with Gasteiger partial charge in [-0.2, -0.15) is 23.5 Å². The van der Waals surface area contributed by atoms with Crippen LogP contribution < -0.4 is 4.18 Å². The highest BCUT2D eigenvalue weighted by Crippen LogP contribution is 2.34. The van der Waals surface area contributed by atoms with Crippen LogP contribution in [0.5, 0.6) is 5.75 Å². The second-order valence-corrected chi connectivity index (χ2v) is 11.1. The third-order valence-corrected chi connectivity index (χ3v) is 7.24. The van der Waals surface area contributed by atoms with E-state index >= 15 is 0 Å². The number of hydrogen-bond acceptors (Lipinski definition) is 7. The van der Waals surface area contributed by atoms with Gasteiger partial charge in [0.15, 0.2) is 11.6 Å². The summed E-state index contributed by atoms with van der Waals surface area (Å²) in [5.41, 5.74) is 0.593. The summed E-state index contributed by atoms with van der Waals surface area (Å²) >= 11 is 7.46. The fourth-order valence-electron chi connectivity index (χ4n) is 3.94. The van der Waals surface area contributed by atoms with Gasteiger partial charge < -0.3 is 4.18 Å². The molecule has 32 heavy (non-hydrogen) atoms. The zero-order valence-corrected chi connectivity index (χ0v) is 19.9. The van der Waals surface area contributed by atoms with Crippen LogP contribution in [0.1, 0.15) is 50.5 Å². The Balaban J connectivity index is 1.49. The van der Waals surface area contributed by atoms with Crippen LogP contribution in [-0.4, -0.2) is 41.6 Å². The number of carbonyl (C=O) groups is 1. The number of nitrogens with zero attached hydrogens (tertiary/aromatic N) is 3. The maximum atomic E-state index is 12.6. The van der Waals surface area contributed by atoms with Crippen molar-refractivity contribution in [3.63, 3.8) is 0 Å². The van der Waals surface area contributed by atoms with Crippen molar-refractivity contribution in [3.05, 3.63) is 34.4 Å². The number of thioether (sulfide) groups is 1. The number of fused-ring (bicyclic) bond motifs is 1. The van der Waals surface area contributed by atoms with Crippen molar-refractivity contribution in [1.29, 1.82) is 5.41 Å². The van der Waals surface area contributed by atoms with Gasteiger partial charge in [0, 0.05) is 0 Å². The number of carbonyl (C=O) groups excluding carboxylic acids is 1. The number of benzene rings is 1. The Morgan fingerprint density at radius 1 is 1.31 bits per heavy atom. The SMILES string of the molecule is CS(=O)(=O)Oc1ccc(/C=C2/C(=N)N3N=C(CCC4CCCCC4)SC3=NC2=O)cc1Cl. The Hall–Kier alpha value is -2.17. The fraction of sp³-hybridized carbons (Fsp3) is 0.429. The van der Waals surface area contributed by atoms with Crippen LogP contribution in [0.25, 0.3) is 6.08 Å². The first-order valence-electron chi connectivity index (χ1n) is 10.4. The summed E-state index contributed by atoms with van der Waals surface area (Å²) in [7, 11) is -3.71. The third-order valence-electron chi connectivity index (χ3n) is 5.50. The molecule has 1 aliphatic carbocycles. The van der Waals surface area contributed by atoms with Crippen LogP contribution in [0.4, 0.5) is 0 Å². The highest BCUT2D eigenvalue weighted by Gasteiger charge is 2.35. The van der Waals surface area contributed by atoms with Crippen LogP contribution in [0.15, 0.2) is 33.9 Å². The molecule has 0 radical (unpaired) electrons. The predicted octanol–water partition coefficient (Wildman–Crippen LogP) is 4.66. The van der Waals surface area contributed by atoms with Crippen molar-refractivity contribution in [2.75, 3.05) is 6.26 Å². The first-order chi connectivity index (χ1) is 15.2. The molecule has 1 saturated carbocycles. The van der Waals surface area contributed by atoms with Gasteiger partial charge in [-0.15, -0.1) is 0 Å². The van der Waals surface area contributed by atoms with E-state index in [2.05, 4.69) is 10.1 Å². The van der Waals surface area contributed by atoms with E-state index in [0.29, 0.717) is 10.7 Å². The van der Waals surface area contributed by atoms with Crippen LogP contribution in [0.2, 0.25) is 5.02 Å². The zero-order valence-electron chi connectivity index (χ0n) is 17.5. The van der Waals surface area contributed by atoms with Crippen LogP contribution in [-0.2, 0) is 14.9 Å². The van der Waals surface area contributed by atoms with E-state index in [1.54, 1.807) is 6.07 Å². The van der Waals surface area contributed by atoms with Gasteiger partial charge >= 0.3 is 10.1 Å². The molecule has 0 bridgehead atoms. The molecule has 11 heteroatoms. The minimum absolute atomic E-state index is 0.00942. The normalized spacial score (nSPS) is 20.9. The van der Waals surface area contributed by atoms with Crippen LogP contribution in [0.3, 0.4) is 0 Å². The summed E-state index contributed by atoms with van der Waals surface area (Å²) in [6.45, 7) is 0.